The molecule has 98 valence electrons. The van der Waals surface area contributed by atoms with Gasteiger partial charge in [-0.25, -0.2) is 4.39 Å². The average molecular weight is 254 g/mol. The van der Waals surface area contributed by atoms with E-state index in [-0.39, 0.29) is 11.4 Å². The molecule has 0 aromatic heterocycles. The van der Waals surface area contributed by atoms with Gasteiger partial charge < -0.3 is 10.1 Å². The number of nitrogens with one attached hydrogen (secondary N) is 1. The van der Waals surface area contributed by atoms with Crippen LogP contribution in [0.15, 0.2) is 12.1 Å². The predicted molar refractivity (Wildman–Crippen MR) is 64.3 cm³/mol. The molecule has 1 aromatic carbocycles. The van der Waals surface area contributed by atoms with Crippen molar-refractivity contribution in [3.8, 4) is 5.75 Å². The third-order valence-corrected chi connectivity index (χ3v) is 3.08. The molecule has 1 heterocycles. The predicted octanol–water partition coefficient (Wildman–Crippen LogP) is 2.03. The van der Waals surface area contributed by atoms with Gasteiger partial charge in [0, 0.05) is 18.0 Å². The number of ether oxygens (including phenoxy) is 1. The van der Waals surface area contributed by atoms with Crippen molar-refractivity contribution in [1.29, 1.82) is 0 Å². The van der Waals surface area contributed by atoms with Crippen LogP contribution in [-0.4, -0.2) is 24.6 Å². The lowest BCUT2D eigenvalue weighted by atomic mass is 10.1. The van der Waals surface area contributed by atoms with Gasteiger partial charge in [-0.3, -0.25) is 10.1 Å². The Morgan fingerprint density at radius 2 is 2.39 bits per heavy atom. The molecule has 5 nitrogen and oxygen atoms in total. The number of nitrogens with zero attached hydrogens (tertiary/aromatic N) is 1. The van der Waals surface area contributed by atoms with Crippen molar-refractivity contribution in [2.24, 2.45) is 5.92 Å². The van der Waals surface area contributed by atoms with Gasteiger partial charge in [0.2, 0.25) is 0 Å². The highest BCUT2D eigenvalue weighted by Gasteiger charge is 2.19. The van der Waals surface area contributed by atoms with Crippen LogP contribution < -0.4 is 10.1 Å². The first-order valence-electron chi connectivity index (χ1n) is 5.86. The van der Waals surface area contributed by atoms with E-state index < -0.39 is 10.7 Å². The number of rotatable bonds is 4. The summed E-state index contributed by atoms with van der Waals surface area (Å²) < 4.78 is 19.0. The minimum Gasteiger partial charge on any atom is -0.490 e. The molecule has 1 saturated heterocycles. The molecule has 1 aromatic rings. The van der Waals surface area contributed by atoms with Gasteiger partial charge in [0.25, 0.3) is 5.69 Å². The summed E-state index contributed by atoms with van der Waals surface area (Å²) in [6, 6.07) is 2.30. The molecule has 0 aliphatic carbocycles. The van der Waals surface area contributed by atoms with Crippen molar-refractivity contribution in [2.45, 2.75) is 13.3 Å². The van der Waals surface area contributed by atoms with Gasteiger partial charge in [-0.15, -0.1) is 0 Å². The molecule has 2 rings (SSSR count). The molecule has 0 amide bonds. The lowest BCUT2D eigenvalue weighted by Gasteiger charge is -2.12. The van der Waals surface area contributed by atoms with Crippen LogP contribution in [0.5, 0.6) is 5.75 Å². The van der Waals surface area contributed by atoms with E-state index in [2.05, 4.69) is 5.32 Å². The van der Waals surface area contributed by atoms with Gasteiger partial charge in [0.15, 0.2) is 11.6 Å². The smallest absolute Gasteiger partial charge is 0.275 e. The summed E-state index contributed by atoms with van der Waals surface area (Å²) in [6.07, 6.45) is 1.01. The van der Waals surface area contributed by atoms with Crippen LogP contribution in [0.25, 0.3) is 0 Å². The minimum absolute atomic E-state index is 0.0880. The SMILES string of the molecule is Cc1cc(OCC2CCNC2)c(F)cc1[N+](=O)[O-]. The summed E-state index contributed by atoms with van der Waals surface area (Å²) >= 11 is 0. The van der Waals surface area contributed by atoms with Crippen LogP contribution in [0.4, 0.5) is 10.1 Å². The van der Waals surface area contributed by atoms with E-state index in [1.807, 2.05) is 0 Å². The summed E-state index contributed by atoms with van der Waals surface area (Å²) in [5, 5.41) is 13.8. The highest BCUT2D eigenvalue weighted by atomic mass is 19.1. The van der Waals surface area contributed by atoms with E-state index in [1.165, 1.54) is 6.07 Å². The van der Waals surface area contributed by atoms with Gasteiger partial charge in [-0.1, -0.05) is 0 Å². The molecular formula is C12H15FN2O3. The maximum Gasteiger partial charge on any atom is 0.275 e. The first kappa shape index (κ1) is 12.8. The Labute approximate surface area is 104 Å². The summed E-state index contributed by atoms with van der Waals surface area (Å²) in [4.78, 5) is 10.0. The lowest BCUT2D eigenvalue weighted by molar-refractivity contribution is -0.385. The highest BCUT2D eigenvalue weighted by molar-refractivity contribution is 5.45. The standard InChI is InChI=1S/C12H15FN2O3/c1-8-4-12(10(13)5-11(8)15(16)17)18-7-9-2-3-14-6-9/h4-5,9,14H,2-3,6-7H2,1H3. The molecule has 1 unspecified atom stereocenters. The third kappa shape index (κ3) is 2.76. The van der Waals surface area contributed by atoms with Gasteiger partial charge in [-0.05, 0) is 26.0 Å². The first-order chi connectivity index (χ1) is 8.58. The zero-order chi connectivity index (χ0) is 13.1. The maximum absolute atomic E-state index is 13.6. The number of aryl methyl sites for hydroxylation is 1. The number of halogens is 1. The first-order valence-corrected chi connectivity index (χ1v) is 5.86. The van der Waals surface area contributed by atoms with Crippen molar-refractivity contribution in [3.05, 3.63) is 33.6 Å². The van der Waals surface area contributed by atoms with Crippen LogP contribution >= 0.6 is 0 Å². The summed E-state index contributed by atoms with van der Waals surface area (Å²) in [5.41, 5.74) is 0.184. The highest BCUT2D eigenvalue weighted by Crippen LogP contribution is 2.27. The fraction of sp³-hybridized carbons (Fsp3) is 0.500. The van der Waals surface area contributed by atoms with Crippen LogP contribution in [-0.2, 0) is 0 Å². The van der Waals surface area contributed by atoms with E-state index in [4.69, 9.17) is 4.74 Å². The molecule has 6 heteroatoms. The lowest BCUT2D eigenvalue weighted by Crippen LogP contribution is -2.16. The third-order valence-electron chi connectivity index (χ3n) is 3.08. The van der Waals surface area contributed by atoms with Crippen LogP contribution in [0.2, 0.25) is 0 Å². The minimum atomic E-state index is -0.682. The zero-order valence-corrected chi connectivity index (χ0v) is 10.1. The Balaban J connectivity index is 2.08. The van der Waals surface area contributed by atoms with Crippen molar-refractivity contribution in [2.75, 3.05) is 19.7 Å². The summed E-state index contributed by atoms with van der Waals surface area (Å²) in [5.74, 6) is -0.219. The Morgan fingerprint density at radius 1 is 1.61 bits per heavy atom. The Hall–Kier alpha value is -1.69. The second kappa shape index (κ2) is 5.30. The van der Waals surface area contributed by atoms with E-state index >= 15 is 0 Å². The Kier molecular flexibility index (Phi) is 3.76. The fourth-order valence-corrected chi connectivity index (χ4v) is 2.02. The van der Waals surface area contributed by atoms with Gasteiger partial charge >= 0.3 is 0 Å². The van der Waals surface area contributed by atoms with Crippen molar-refractivity contribution >= 4 is 5.69 Å². The quantitative estimate of drug-likeness (QED) is 0.659. The molecular weight excluding hydrogens is 239 g/mol. The van der Waals surface area contributed by atoms with Crippen molar-refractivity contribution in [1.82, 2.24) is 5.32 Å². The number of nitro benzene ring substituents is 1. The van der Waals surface area contributed by atoms with E-state index in [9.17, 15) is 14.5 Å². The molecule has 1 N–H and O–H groups in total. The molecule has 1 fully saturated rings. The zero-order valence-electron chi connectivity index (χ0n) is 10.1. The van der Waals surface area contributed by atoms with Crippen LogP contribution in [0, 0.1) is 28.8 Å². The summed E-state index contributed by atoms with van der Waals surface area (Å²) in [7, 11) is 0. The monoisotopic (exact) mass is 254 g/mol. The Bertz CT molecular complexity index is 459. The second-order valence-electron chi connectivity index (χ2n) is 4.50. The molecule has 0 bridgehead atoms. The summed E-state index contributed by atoms with van der Waals surface area (Å²) in [6.45, 7) is 3.83. The van der Waals surface area contributed by atoms with Crippen LogP contribution in [0.3, 0.4) is 0 Å². The maximum atomic E-state index is 13.6. The average Bonchev–Trinajstić information content (AvgIpc) is 2.82. The number of hydrogen-bond donors (Lipinski definition) is 1. The molecule has 0 spiro atoms. The molecule has 0 saturated carbocycles. The Morgan fingerprint density at radius 3 is 3.00 bits per heavy atom. The largest absolute Gasteiger partial charge is 0.490 e. The molecule has 0 radical (unpaired) electrons. The molecule has 1 aliphatic rings. The number of hydrogen-bond acceptors (Lipinski definition) is 4. The number of benzene rings is 1. The topological polar surface area (TPSA) is 64.4 Å². The van der Waals surface area contributed by atoms with Gasteiger partial charge in [-0.2, -0.15) is 0 Å². The van der Waals surface area contributed by atoms with Crippen LogP contribution in [0.1, 0.15) is 12.0 Å². The van der Waals surface area contributed by atoms with E-state index in [0.29, 0.717) is 18.1 Å². The second-order valence-corrected chi connectivity index (χ2v) is 4.50. The van der Waals surface area contributed by atoms with E-state index in [1.54, 1.807) is 6.92 Å². The molecule has 1 atom stereocenters. The van der Waals surface area contributed by atoms with E-state index in [0.717, 1.165) is 25.6 Å². The fourth-order valence-electron chi connectivity index (χ4n) is 2.02. The number of nitro groups is 1. The van der Waals surface area contributed by atoms with Crippen molar-refractivity contribution in [3.63, 3.8) is 0 Å². The normalized spacial score (nSPS) is 18.9. The molecule has 18 heavy (non-hydrogen) atoms. The van der Waals surface area contributed by atoms with Gasteiger partial charge in [0.05, 0.1) is 17.6 Å². The van der Waals surface area contributed by atoms with Gasteiger partial charge in [0.1, 0.15) is 0 Å². The van der Waals surface area contributed by atoms with Crippen molar-refractivity contribution < 1.29 is 14.1 Å². The molecule has 1 aliphatic heterocycles.